The quantitative estimate of drug-likeness (QED) is 0.810. The van der Waals surface area contributed by atoms with Gasteiger partial charge in [-0.25, -0.2) is 0 Å². The zero-order chi connectivity index (χ0) is 14.6. The molecular weight excluding hydrogens is 246 g/mol. The normalized spacial score (nSPS) is 11.8. The highest BCUT2D eigenvalue weighted by Crippen LogP contribution is 2.26. The lowest BCUT2D eigenvalue weighted by molar-refractivity contribution is 0.590. The molecule has 0 aliphatic heterocycles. The van der Waals surface area contributed by atoms with Gasteiger partial charge in [0.25, 0.3) is 0 Å². The third-order valence-electron chi connectivity index (χ3n) is 3.50. The zero-order valence-corrected chi connectivity index (χ0v) is 13.0. The van der Waals surface area contributed by atoms with Crippen LogP contribution in [-0.4, -0.2) is 16.7 Å². The fraction of sp³-hybridized carbons (Fsp3) is 0.471. The predicted octanol–water partition coefficient (Wildman–Crippen LogP) is 3.87. The van der Waals surface area contributed by atoms with Gasteiger partial charge in [0.2, 0.25) is 0 Å². The first kappa shape index (κ1) is 14.8. The van der Waals surface area contributed by atoms with Crippen molar-refractivity contribution in [1.29, 1.82) is 0 Å². The van der Waals surface area contributed by atoms with Crippen molar-refractivity contribution in [3.63, 3.8) is 0 Å². The van der Waals surface area contributed by atoms with Gasteiger partial charge >= 0.3 is 0 Å². The smallest absolute Gasteiger partial charge is 0.0695 e. The largest absolute Gasteiger partial charge is 0.313 e. The van der Waals surface area contributed by atoms with Crippen LogP contribution in [0.3, 0.4) is 0 Å². The number of aromatic nitrogens is 2. The Morgan fingerprint density at radius 2 is 1.85 bits per heavy atom. The van der Waals surface area contributed by atoms with Crippen molar-refractivity contribution in [2.45, 2.75) is 46.1 Å². The Hall–Kier alpha value is -1.61. The summed E-state index contributed by atoms with van der Waals surface area (Å²) in [6, 6.07) is 8.77. The number of hydrogen-bond donors (Lipinski definition) is 2. The molecule has 1 aromatic carbocycles. The molecule has 0 atom stereocenters. The second-order valence-corrected chi connectivity index (χ2v) is 6.27. The van der Waals surface area contributed by atoms with Crippen LogP contribution in [0, 0.1) is 0 Å². The molecule has 0 radical (unpaired) electrons. The molecule has 0 aliphatic rings. The molecule has 0 aliphatic carbocycles. The van der Waals surface area contributed by atoms with E-state index >= 15 is 0 Å². The lowest BCUT2D eigenvalue weighted by atomic mass is 9.86. The van der Waals surface area contributed by atoms with Gasteiger partial charge in [-0.3, -0.25) is 5.10 Å². The van der Waals surface area contributed by atoms with E-state index in [1.54, 1.807) is 0 Å². The van der Waals surface area contributed by atoms with E-state index in [2.05, 4.69) is 67.5 Å². The minimum Gasteiger partial charge on any atom is -0.313 e. The SMILES string of the molecule is CCCNCc1cn[nH]c1-c1ccc(C(C)(C)C)cc1. The maximum Gasteiger partial charge on any atom is 0.0695 e. The summed E-state index contributed by atoms with van der Waals surface area (Å²) in [6.07, 6.45) is 3.06. The maximum absolute atomic E-state index is 4.18. The summed E-state index contributed by atoms with van der Waals surface area (Å²) in [7, 11) is 0. The van der Waals surface area contributed by atoms with Gasteiger partial charge in [0.1, 0.15) is 0 Å². The van der Waals surface area contributed by atoms with Crippen LogP contribution in [0.25, 0.3) is 11.3 Å². The second-order valence-electron chi connectivity index (χ2n) is 6.27. The molecule has 3 heteroatoms. The van der Waals surface area contributed by atoms with E-state index in [0.29, 0.717) is 0 Å². The Labute approximate surface area is 121 Å². The number of nitrogens with zero attached hydrogens (tertiary/aromatic N) is 1. The molecule has 0 saturated heterocycles. The third kappa shape index (κ3) is 3.48. The molecular formula is C17H25N3. The van der Waals surface area contributed by atoms with E-state index in [0.717, 1.165) is 25.2 Å². The fourth-order valence-corrected chi connectivity index (χ4v) is 2.23. The van der Waals surface area contributed by atoms with Gasteiger partial charge in [0, 0.05) is 12.1 Å². The van der Waals surface area contributed by atoms with Crippen molar-refractivity contribution >= 4 is 0 Å². The first-order chi connectivity index (χ1) is 9.52. The van der Waals surface area contributed by atoms with Crippen LogP contribution >= 0.6 is 0 Å². The van der Waals surface area contributed by atoms with E-state index in [1.165, 1.54) is 16.7 Å². The molecule has 2 aromatic rings. The average Bonchev–Trinajstić information content (AvgIpc) is 2.87. The standard InChI is InChI=1S/C17H25N3/c1-5-10-18-11-14-12-19-20-16(14)13-6-8-15(9-7-13)17(2,3)4/h6-9,12,18H,5,10-11H2,1-4H3,(H,19,20). The number of nitrogens with one attached hydrogen (secondary N) is 2. The Morgan fingerprint density at radius 3 is 2.45 bits per heavy atom. The van der Waals surface area contributed by atoms with Crippen LogP contribution in [0.15, 0.2) is 30.5 Å². The maximum atomic E-state index is 4.18. The molecule has 2 N–H and O–H groups in total. The highest BCUT2D eigenvalue weighted by Gasteiger charge is 2.14. The molecule has 0 bridgehead atoms. The van der Waals surface area contributed by atoms with Gasteiger partial charge in [0.05, 0.1) is 11.9 Å². The lowest BCUT2D eigenvalue weighted by Gasteiger charge is -2.19. The molecule has 1 heterocycles. The van der Waals surface area contributed by atoms with Crippen LogP contribution in [0.4, 0.5) is 0 Å². The first-order valence-corrected chi connectivity index (χ1v) is 7.36. The Balaban J connectivity index is 2.18. The minimum atomic E-state index is 0.192. The highest BCUT2D eigenvalue weighted by molar-refractivity contribution is 5.63. The molecule has 2 rings (SSSR count). The van der Waals surface area contributed by atoms with Crippen molar-refractivity contribution in [2.75, 3.05) is 6.54 Å². The van der Waals surface area contributed by atoms with Crippen LogP contribution in [0.5, 0.6) is 0 Å². The molecule has 1 aromatic heterocycles. The monoisotopic (exact) mass is 271 g/mol. The molecule has 0 amide bonds. The van der Waals surface area contributed by atoms with Crippen LogP contribution < -0.4 is 5.32 Å². The summed E-state index contributed by atoms with van der Waals surface area (Å²) < 4.78 is 0. The summed E-state index contributed by atoms with van der Waals surface area (Å²) in [5.74, 6) is 0. The molecule has 108 valence electrons. The van der Waals surface area contributed by atoms with Crippen LogP contribution in [0.1, 0.15) is 45.2 Å². The van der Waals surface area contributed by atoms with Gasteiger partial charge in [-0.1, -0.05) is 52.0 Å². The van der Waals surface area contributed by atoms with Crippen molar-refractivity contribution in [2.24, 2.45) is 0 Å². The van der Waals surface area contributed by atoms with Crippen molar-refractivity contribution < 1.29 is 0 Å². The van der Waals surface area contributed by atoms with Crippen LogP contribution in [0.2, 0.25) is 0 Å². The number of H-pyrrole nitrogens is 1. The Morgan fingerprint density at radius 1 is 1.15 bits per heavy atom. The molecule has 20 heavy (non-hydrogen) atoms. The molecule has 3 nitrogen and oxygen atoms in total. The topological polar surface area (TPSA) is 40.7 Å². The highest BCUT2D eigenvalue weighted by atomic mass is 15.1. The summed E-state index contributed by atoms with van der Waals surface area (Å²) >= 11 is 0. The fourth-order valence-electron chi connectivity index (χ4n) is 2.23. The Bertz CT molecular complexity index is 532. The molecule has 0 spiro atoms. The summed E-state index contributed by atoms with van der Waals surface area (Å²) in [5, 5.41) is 10.7. The Kier molecular flexibility index (Phi) is 4.61. The second kappa shape index (κ2) is 6.23. The number of benzene rings is 1. The average molecular weight is 271 g/mol. The van der Waals surface area contributed by atoms with Crippen molar-refractivity contribution in [3.8, 4) is 11.3 Å². The van der Waals surface area contributed by atoms with Crippen LogP contribution in [-0.2, 0) is 12.0 Å². The summed E-state index contributed by atoms with van der Waals surface area (Å²) in [5.41, 5.74) is 5.09. The first-order valence-electron chi connectivity index (χ1n) is 7.36. The van der Waals surface area contributed by atoms with Gasteiger partial charge in [-0.05, 0) is 29.5 Å². The van der Waals surface area contributed by atoms with E-state index < -0.39 is 0 Å². The van der Waals surface area contributed by atoms with Gasteiger partial charge in [-0.2, -0.15) is 5.10 Å². The van der Waals surface area contributed by atoms with E-state index in [4.69, 9.17) is 0 Å². The minimum absolute atomic E-state index is 0.192. The molecule has 0 fully saturated rings. The number of aromatic amines is 1. The van der Waals surface area contributed by atoms with Gasteiger partial charge in [0.15, 0.2) is 0 Å². The summed E-state index contributed by atoms with van der Waals surface area (Å²) in [4.78, 5) is 0. The zero-order valence-electron chi connectivity index (χ0n) is 13.0. The van der Waals surface area contributed by atoms with Gasteiger partial charge in [-0.15, -0.1) is 0 Å². The predicted molar refractivity (Wildman–Crippen MR) is 84.7 cm³/mol. The van der Waals surface area contributed by atoms with E-state index in [-0.39, 0.29) is 5.41 Å². The summed E-state index contributed by atoms with van der Waals surface area (Å²) in [6.45, 7) is 10.8. The van der Waals surface area contributed by atoms with E-state index in [9.17, 15) is 0 Å². The third-order valence-corrected chi connectivity index (χ3v) is 3.50. The van der Waals surface area contributed by atoms with Crippen molar-refractivity contribution in [3.05, 3.63) is 41.6 Å². The van der Waals surface area contributed by atoms with E-state index in [1.807, 2.05) is 6.20 Å². The number of hydrogen-bond acceptors (Lipinski definition) is 2. The molecule has 0 saturated carbocycles. The number of rotatable bonds is 5. The molecule has 0 unspecified atom stereocenters. The lowest BCUT2D eigenvalue weighted by Crippen LogP contribution is -2.14. The van der Waals surface area contributed by atoms with Crippen molar-refractivity contribution in [1.82, 2.24) is 15.5 Å². The van der Waals surface area contributed by atoms with Gasteiger partial charge < -0.3 is 5.32 Å².